The van der Waals surface area contributed by atoms with Gasteiger partial charge in [0.25, 0.3) is 0 Å². The summed E-state index contributed by atoms with van der Waals surface area (Å²) in [6.45, 7) is 2.07. The maximum atomic E-state index is 12.0. The molecule has 0 saturated heterocycles. The molecule has 1 aromatic carbocycles. The van der Waals surface area contributed by atoms with Crippen LogP contribution in [0.25, 0.3) is 0 Å². The lowest BCUT2D eigenvalue weighted by molar-refractivity contribution is -0.125. The van der Waals surface area contributed by atoms with Gasteiger partial charge in [0, 0.05) is 26.8 Å². The van der Waals surface area contributed by atoms with E-state index in [4.69, 9.17) is 10.5 Å². The van der Waals surface area contributed by atoms with E-state index in [2.05, 4.69) is 10.2 Å². The molecule has 1 atom stereocenters. The van der Waals surface area contributed by atoms with Crippen LogP contribution in [0.2, 0.25) is 0 Å². The Balaban J connectivity index is 2.87. The lowest BCUT2D eigenvalue weighted by atomic mass is 9.88. The third kappa shape index (κ3) is 4.03. The molecule has 3 N–H and O–H groups in total. The normalized spacial score (nSPS) is 14.2. The first-order chi connectivity index (χ1) is 9.56. The second kappa shape index (κ2) is 7.99. The number of hydrogen-bond acceptors (Lipinski definition) is 4. The van der Waals surface area contributed by atoms with Crippen molar-refractivity contribution in [2.24, 2.45) is 5.73 Å². The highest BCUT2D eigenvalue weighted by Gasteiger charge is 2.37. The van der Waals surface area contributed by atoms with Crippen LogP contribution in [0.15, 0.2) is 30.3 Å². The van der Waals surface area contributed by atoms with Gasteiger partial charge in [0.15, 0.2) is 0 Å². The second-order valence-corrected chi connectivity index (χ2v) is 4.97. The van der Waals surface area contributed by atoms with E-state index in [-0.39, 0.29) is 5.91 Å². The Labute approximate surface area is 121 Å². The topological polar surface area (TPSA) is 67.6 Å². The molecule has 1 aromatic rings. The molecular formula is C15H25N3O2. The summed E-state index contributed by atoms with van der Waals surface area (Å²) in [5, 5.41) is 3.11. The number of nitrogens with zero attached hydrogens (tertiary/aromatic N) is 1. The molecule has 0 spiro atoms. The van der Waals surface area contributed by atoms with Crippen LogP contribution in [0.4, 0.5) is 0 Å². The Morgan fingerprint density at radius 1 is 1.40 bits per heavy atom. The minimum Gasteiger partial charge on any atom is -0.385 e. The predicted molar refractivity (Wildman–Crippen MR) is 80.4 cm³/mol. The van der Waals surface area contributed by atoms with Crippen molar-refractivity contribution in [2.75, 3.05) is 40.9 Å². The Morgan fingerprint density at radius 3 is 2.55 bits per heavy atom. The van der Waals surface area contributed by atoms with E-state index >= 15 is 0 Å². The molecule has 0 aliphatic rings. The van der Waals surface area contributed by atoms with Crippen molar-refractivity contribution in [3.05, 3.63) is 35.9 Å². The van der Waals surface area contributed by atoms with E-state index in [0.717, 1.165) is 18.5 Å². The van der Waals surface area contributed by atoms with Crippen molar-refractivity contribution in [1.82, 2.24) is 10.2 Å². The summed E-state index contributed by atoms with van der Waals surface area (Å²) in [6, 6.07) is 9.59. The summed E-state index contributed by atoms with van der Waals surface area (Å²) in [6.07, 6.45) is 0.917. The van der Waals surface area contributed by atoms with Crippen molar-refractivity contribution in [3.63, 3.8) is 0 Å². The van der Waals surface area contributed by atoms with E-state index in [1.807, 2.05) is 37.4 Å². The van der Waals surface area contributed by atoms with Gasteiger partial charge < -0.3 is 20.7 Å². The molecule has 0 aliphatic heterocycles. The van der Waals surface area contributed by atoms with Crippen LogP contribution >= 0.6 is 0 Å². The van der Waals surface area contributed by atoms with Gasteiger partial charge in [0.05, 0.1) is 0 Å². The van der Waals surface area contributed by atoms with Gasteiger partial charge in [-0.1, -0.05) is 30.3 Å². The van der Waals surface area contributed by atoms with Gasteiger partial charge >= 0.3 is 0 Å². The molecule has 0 fully saturated rings. The van der Waals surface area contributed by atoms with E-state index in [1.165, 1.54) is 0 Å². The highest BCUT2D eigenvalue weighted by atomic mass is 16.5. The van der Waals surface area contributed by atoms with Gasteiger partial charge in [-0.3, -0.25) is 4.79 Å². The molecule has 1 rings (SSSR count). The largest absolute Gasteiger partial charge is 0.385 e. The van der Waals surface area contributed by atoms with E-state index in [9.17, 15) is 4.79 Å². The number of carbonyl (C=O) groups excluding carboxylic acids is 1. The molecular weight excluding hydrogens is 254 g/mol. The molecule has 5 heteroatoms. The Bertz CT molecular complexity index is 411. The standard InChI is InChI=1S/C15H25N3O2/c1-17-15(14(16)19,13-8-5-4-6-9-13)12-18(2)10-7-11-20-3/h4-6,8-9,17H,7,10-12H2,1-3H3,(H2,16,19). The molecule has 0 bridgehead atoms. The smallest absolute Gasteiger partial charge is 0.243 e. The Hall–Kier alpha value is -1.43. The maximum Gasteiger partial charge on any atom is 0.243 e. The molecule has 0 heterocycles. The molecule has 5 nitrogen and oxygen atoms in total. The number of ether oxygens (including phenoxy) is 1. The van der Waals surface area contributed by atoms with Crippen molar-refractivity contribution in [1.29, 1.82) is 0 Å². The number of carbonyl (C=O) groups is 1. The summed E-state index contributed by atoms with van der Waals surface area (Å²) in [5.41, 5.74) is 5.68. The minimum absolute atomic E-state index is 0.371. The first kappa shape index (κ1) is 16.6. The van der Waals surface area contributed by atoms with Crippen LogP contribution in [0.3, 0.4) is 0 Å². The predicted octanol–water partition coefficient (Wildman–Crippen LogP) is 0.555. The van der Waals surface area contributed by atoms with Gasteiger partial charge in [-0.25, -0.2) is 0 Å². The van der Waals surface area contributed by atoms with E-state index in [1.54, 1.807) is 14.2 Å². The second-order valence-electron chi connectivity index (χ2n) is 4.97. The van der Waals surface area contributed by atoms with Gasteiger partial charge in [0.2, 0.25) is 5.91 Å². The maximum absolute atomic E-state index is 12.0. The molecule has 0 radical (unpaired) electrons. The number of benzene rings is 1. The molecule has 112 valence electrons. The van der Waals surface area contributed by atoms with Crippen LogP contribution in [-0.2, 0) is 15.1 Å². The average Bonchev–Trinajstić information content (AvgIpc) is 2.45. The van der Waals surface area contributed by atoms with Gasteiger partial charge in [0.1, 0.15) is 5.54 Å². The summed E-state index contributed by atoms with van der Waals surface area (Å²) in [5.74, 6) is -0.371. The Morgan fingerprint density at radius 2 is 2.05 bits per heavy atom. The van der Waals surface area contributed by atoms with Gasteiger partial charge in [-0.05, 0) is 26.1 Å². The molecule has 0 aromatic heterocycles. The summed E-state index contributed by atoms with van der Waals surface area (Å²) in [4.78, 5) is 14.1. The highest BCUT2D eigenvalue weighted by molar-refractivity contribution is 5.86. The molecule has 20 heavy (non-hydrogen) atoms. The van der Waals surface area contributed by atoms with Crippen LogP contribution in [-0.4, -0.2) is 51.7 Å². The zero-order valence-electron chi connectivity index (χ0n) is 12.6. The van der Waals surface area contributed by atoms with Crippen molar-refractivity contribution < 1.29 is 9.53 Å². The van der Waals surface area contributed by atoms with Crippen LogP contribution < -0.4 is 11.1 Å². The first-order valence-corrected chi connectivity index (χ1v) is 6.78. The SMILES string of the molecule is CNC(CN(C)CCCOC)(C(N)=O)c1ccccc1. The summed E-state index contributed by atoms with van der Waals surface area (Å²) >= 11 is 0. The summed E-state index contributed by atoms with van der Waals surface area (Å²) in [7, 11) is 5.43. The van der Waals surface area contributed by atoms with Gasteiger partial charge in [-0.15, -0.1) is 0 Å². The average molecular weight is 279 g/mol. The molecule has 0 aliphatic carbocycles. The Kier molecular flexibility index (Phi) is 6.64. The van der Waals surface area contributed by atoms with E-state index < -0.39 is 5.54 Å². The number of likely N-dealkylation sites (N-methyl/N-ethyl adjacent to an activating group) is 2. The van der Waals surface area contributed by atoms with Crippen LogP contribution in [0, 0.1) is 0 Å². The first-order valence-electron chi connectivity index (χ1n) is 6.78. The zero-order chi connectivity index (χ0) is 15.0. The van der Waals surface area contributed by atoms with Crippen molar-refractivity contribution in [2.45, 2.75) is 12.0 Å². The zero-order valence-corrected chi connectivity index (χ0v) is 12.6. The number of rotatable bonds is 9. The third-order valence-corrected chi connectivity index (χ3v) is 3.51. The number of primary amides is 1. The number of nitrogens with two attached hydrogens (primary N) is 1. The molecule has 1 amide bonds. The fraction of sp³-hybridized carbons (Fsp3) is 0.533. The number of methoxy groups -OCH3 is 1. The quantitative estimate of drug-likeness (QED) is 0.648. The van der Waals surface area contributed by atoms with Crippen molar-refractivity contribution >= 4 is 5.91 Å². The third-order valence-electron chi connectivity index (χ3n) is 3.51. The highest BCUT2D eigenvalue weighted by Crippen LogP contribution is 2.21. The number of amides is 1. The number of hydrogen-bond donors (Lipinski definition) is 2. The lowest BCUT2D eigenvalue weighted by Crippen LogP contribution is -2.57. The fourth-order valence-electron chi connectivity index (χ4n) is 2.34. The van der Waals surface area contributed by atoms with Crippen LogP contribution in [0.5, 0.6) is 0 Å². The van der Waals surface area contributed by atoms with E-state index in [0.29, 0.717) is 13.2 Å². The number of nitrogens with one attached hydrogen (secondary N) is 1. The van der Waals surface area contributed by atoms with Crippen LogP contribution in [0.1, 0.15) is 12.0 Å². The monoisotopic (exact) mass is 279 g/mol. The fourth-order valence-corrected chi connectivity index (χ4v) is 2.34. The molecule has 1 unspecified atom stereocenters. The van der Waals surface area contributed by atoms with Crippen molar-refractivity contribution in [3.8, 4) is 0 Å². The summed E-state index contributed by atoms with van der Waals surface area (Å²) < 4.78 is 5.05. The van der Waals surface area contributed by atoms with Gasteiger partial charge in [-0.2, -0.15) is 0 Å². The lowest BCUT2D eigenvalue weighted by Gasteiger charge is -2.34. The minimum atomic E-state index is -0.872. The molecule has 0 saturated carbocycles.